The van der Waals surface area contributed by atoms with Crippen molar-refractivity contribution in [1.82, 2.24) is 14.5 Å². The molecule has 7 nitrogen and oxygen atoms in total. The maximum absolute atomic E-state index is 12.6. The summed E-state index contributed by atoms with van der Waals surface area (Å²) in [4.78, 5) is 26.0. The van der Waals surface area contributed by atoms with Gasteiger partial charge in [-0.15, -0.1) is 0 Å². The molecule has 1 aliphatic heterocycles. The van der Waals surface area contributed by atoms with Crippen LogP contribution in [0.5, 0.6) is 0 Å². The SMILES string of the molecule is CC(C)n1cnc2cc(N3CCN(c4ccc(C#N)cn4)CC3)ccc2c1=O. The lowest BCUT2D eigenvalue weighted by Crippen LogP contribution is -2.46. The number of nitrogens with zero attached hydrogens (tertiary/aromatic N) is 6. The lowest BCUT2D eigenvalue weighted by Gasteiger charge is -2.36. The topological polar surface area (TPSA) is 78.1 Å². The Morgan fingerprint density at radius 2 is 1.79 bits per heavy atom. The Morgan fingerprint density at radius 1 is 1.04 bits per heavy atom. The van der Waals surface area contributed by atoms with Gasteiger partial charge in [-0.1, -0.05) is 0 Å². The van der Waals surface area contributed by atoms with Gasteiger partial charge in [0.15, 0.2) is 0 Å². The number of piperazine rings is 1. The van der Waals surface area contributed by atoms with Crippen molar-refractivity contribution in [2.75, 3.05) is 36.0 Å². The van der Waals surface area contributed by atoms with Crippen molar-refractivity contribution in [1.29, 1.82) is 5.26 Å². The highest BCUT2D eigenvalue weighted by Gasteiger charge is 2.19. The van der Waals surface area contributed by atoms with Crippen molar-refractivity contribution in [2.45, 2.75) is 19.9 Å². The molecule has 1 fully saturated rings. The Balaban J connectivity index is 1.51. The molecule has 0 unspecified atom stereocenters. The molecule has 3 aromatic rings. The third kappa shape index (κ3) is 3.29. The Kier molecular flexibility index (Phi) is 4.70. The predicted octanol–water partition coefficient (Wildman–Crippen LogP) is 2.57. The summed E-state index contributed by atoms with van der Waals surface area (Å²) in [6.45, 7) is 7.36. The molecule has 0 bridgehead atoms. The van der Waals surface area contributed by atoms with Crippen LogP contribution in [0.2, 0.25) is 0 Å². The molecule has 0 amide bonds. The monoisotopic (exact) mass is 374 g/mol. The summed E-state index contributed by atoms with van der Waals surface area (Å²) in [5.41, 5.74) is 2.38. The zero-order valence-electron chi connectivity index (χ0n) is 16.0. The van der Waals surface area contributed by atoms with Gasteiger partial charge in [-0.05, 0) is 44.2 Å². The van der Waals surface area contributed by atoms with E-state index < -0.39 is 0 Å². The summed E-state index contributed by atoms with van der Waals surface area (Å²) in [6.07, 6.45) is 3.24. The Labute approximate surface area is 163 Å². The lowest BCUT2D eigenvalue weighted by atomic mass is 10.2. The second kappa shape index (κ2) is 7.31. The summed E-state index contributed by atoms with van der Waals surface area (Å²) in [7, 11) is 0. The molecule has 0 atom stereocenters. The molecule has 4 rings (SSSR count). The van der Waals surface area contributed by atoms with Gasteiger partial charge in [0.25, 0.3) is 5.56 Å². The molecule has 1 aromatic carbocycles. The first-order valence-corrected chi connectivity index (χ1v) is 9.44. The summed E-state index contributed by atoms with van der Waals surface area (Å²) < 4.78 is 1.66. The first kappa shape index (κ1) is 18.0. The fourth-order valence-electron chi connectivity index (χ4n) is 3.52. The third-order valence-corrected chi connectivity index (χ3v) is 5.17. The van der Waals surface area contributed by atoms with Crippen molar-refractivity contribution >= 4 is 22.4 Å². The predicted molar refractivity (Wildman–Crippen MR) is 110 cm³/mol. The van der Waals surface area contributed by atoms with Crippen LogP contribution in [-0.4, -0.2) is 40.7 Å². The van der Waals surface area contributed by atoms with Crippen molar-refractivity contribution in [2.24, 2.45) is 0 Å². The number of fused-ring (bicyclic) bond motifs is 1. The summed E-state index contributed by atoms with van der Waals surface area (Å²) >= 11 is 0. The smallest absolute Gasteiger partial charge is 0.261 e. The molecule has 0 N–H and O–H groups in total. The zero-order valence-corrected chi connectivity index (χ0v) is 16.0. The van der Waals surface area contributed by atoms with Gasteiger partial charge in [-0.2, -0.15) is 5.26 Å². The largest absolute Gasteiger partial charge is 0.368 e. The number of rotatable bonds is 3. The number of pyridine rings is 1. The van der Waals surface area contributed by atoms with Gasteiger partial charge in [-0.25, -0.2) is 9.97 Å². The molecule has 3 heterocycles. The van der Waals surface area contributed by atoms with Crippen LogP contribution in [-0.2, 0) is 0 Å². The first-order valence-electron chi connectivity index (χ1n) is 9.44. The highest BCUT2D eigenvalue weighted by Crippen LogP contribution is 2.22. The van der Waals surface area contributed by atoms with E-state index in [9.17, 15) is 4.79 Å². The fraction of sp³-hybridized carbons (Fsp3) is 0.333. The normalized spacial score (nSPS) is 14.5. The molecule has 7 heteroatoms. The number of hydrogen-bond acceptors (Lipinski definition) is 6. The molecular weight excluding hydrogens is 352 g/mol. The van der Waals surface area contributed by atoms with Crippen LogP contribution in [0.4, 0.5) is 11.5 Å². The van der Waals surface area contributed by atoms with Gasteiger partial charge in [0.1, 0.15) is 11.9 Å². The standard InChI is InChI=1S/C21H22N6O/c1-15(2)27-14-24-19-11-17(4-5-18(19)21(27)28)25-7-9-26(10-8-25)20-6-3-16(12-22)13-23-20/h3-6,11,13-15H,7-10H2,1-2H3. The number of hydrogen-bond donors (Lipinski definition) is 0. The molecule has 1 saturated heterocycles. The van der Waals surface area contributed by atoms with E-state index in [1.807, 2.05) is 38.1 Å². The van der Waals surface area contributed by atoms with E-state index in [0.717, 1.165) is 43.2 Å². The number of aromatic nitrogens is 3. The maximum atomic E-state index is 12.6. The lowest BCUT2D eigenvalue weighted by molar-refractivity contribution is 0.573. The number of nitriles is 1. The van der Waals surface area contributed by atoms with Crippen LogP contribution < -0.4 is 15.4 Å². The molecular formula is C21H22N6O. The van der Waals surface area contributed by atoms with E-state index in [0.29, 0.717) is 10.9 Å². The van der Waals surface area contributed by atoms with E-state index in [-0.39, 0.29) is 11.6 Å². The average Bonchev–Trinajstić information content (AvgIpc) is 2.73. The van der Waals surface area contributed by atoms with E-state index in [1.54, 1.807) is 23.2 Å². The summed E-state index contributed by atoms with van der Waals surface area (Å²) in [5, 5.41) is 9.55. The van der Waals surface area contributed by atoms with Gasteiger partial charge in [0.2, 0.25) is 0 Å². The van der Waals surface area contributed by atoms with Crippen LogP contribution in [0.15, 0.2) is 47.7 Å². The highest BCUT2D eigenvalue weighted by atomic mass is 16.1. The van der Waals surface area contributed by atoms with E-state index in [2.05, 4.69) is 25.8 Å². The quantitative estimate of drug-likeness (QED) is 0.701. The minimum Gasteiger partial charge on any atom is -0.368 e. The number of anilines is 2. The second-order valence-electron chi connectivity index (χ2n) is 7.24. The van der Waals surface area contributed by atoms with Gasteiger partial charge in [0.05, 0.1) is 22.8 Å². The highest BCUT2D eigenvalue weighted by molar-refractivity contribution is 5.81. The minimum absolute atomic E-state index is 0.00302. The minimum atomic E-state index is 0.00302. The Bertz CT molecular complexity index is 1090. The second-order valence-corrected chi connectivity index (χ2v) is 7.24. The first-order chi connectivity index (χ1) is 13.6. The van der Waals surface area contributed by atoms with Crippen molar-refractivity contribution < 1.29 is 0 Å². The summed E-state index contributed by atoms with van der Waals surface area (Å²) in [6, 6.07) is 11.8. The third-order valence-electron chi connectivity index (χ3n) is 5.17. The Morgan fingerprint density at radius 3 is 2.43 bits per heavy atom. The molecule has 0 aliphatic carbocycles. The van der Waals surface area contributed by atoms with Crippen LogP contribution in [0, 0.1) is 11.3 Å². The van der Waals surface area contributed by atoms with Crippen LogP contribution in [0.1, 0.15) is 25.5 Å². The summed E-state index contributed by atoms with van der Waals surface area (Å²) in [5.74, 6) is 0.896. The molecule has 0 spiro atoms. The zero-order chi connectivity index (χ0) is 19.7. The molecule has 142 valence electrons. The van der Waals surface area contributed by atoms with Crippen LogP contribution >= 0.6 is 0 Å². The number of benzene rings is 1. The van der Waals surface area contributed by atoms with Gasteiger partial charge in [0, 0.05) is 44.1 Å². The van der Waals surface area contributed by atoms with Crippen molar-refractivity contribution in [3.05, 3.63) is 58.8 Å². The molecule has 0 saturated carbocycles. The van der Waals surface area contributed by atoms with Crippen molar-refractivity contribution in [3.8, 4) is 6.07 Å². The van der Waals surface area contributed by atoms with E-state index in [4.69, 9.17) is 5.26 Å². The molecule has 1 aliphatic rings. The Hall–Kier alpha value is -3.40. The van der Waals surface area contributed by atoms with Gasteiger partial charge in [-0.3, -0.25) is 9.36 Å². The van der Waals surface area contributed by atoms with Crippen LogP contribution in [0.25, 0.3) is 10.9 Å². The van der Waals surface area contributed by atoms with Gasteiger partial charge >= 0.3 is 0 Å². The molecule has 28 heavy (non-hydrogen) atoms. The van der Waals surface area contributed by atoms with E-state index >= 15 is 0 Å². The van der Waals surface area contributed by atoms with E-state index in [1.165, 1.54) is 0 Å². The fourth-order valence-corrected chi connectivity index (χ4v) is 3.52. The molecule has 0 radical (unpaired) electrons. The maximum Gasteiger partial charge on any atom is 0.261 e. The molecule has 2 aromatic heterocycles. The van der Waals surface area contributed by atoms with Crippen molar-refractivity contribution in [3.63, 3.8) is 0 Å². The van der Waals surface area contributed by atoms with Gasteiger partial charge < -0.3 is 9.80 Å². The average molecular weight is 374 g/mol. The van der Waals surface area contributed by atoms with Crippen LogP contribution in [0.3, 0.4) is 0 Å².